The van der Waals surface area contributed by atoms with Crippen LogP contribution in [0.1, 0.15) is 79.3 Å². The molecule has 1 fully saturated rings. The first-order chi connectivity index (χ1) is 17.8. The van der Waals surface area contributed by atoms with E-state index in [9.17, 15) is 4.79 Å². The zero-order valence-electron chi connectivity index (χ0n) is 21.0. The smallest absolute Gasteiger partial charge is 0.254 e. The maximum atomic E-state index is 12.7. The zero-order chi connectivity index (χ0) is 24.3. The first kappa shape index (κ1) is 23.2. The largest absolute Gasteiger partial charge is 0.342 e. The number of aromatic nitrogens is 1. The molecule has 5 heteroatoms. The Morgan fingerprint density at radius 1 is 1.00 bits per heavy atom. The molecular weight excluding hydrogens is 444 g/mol. The van der Waals surface area contributed by atoms with E-state index in [1.54, 1.807) is 11.8 Å². The highest BCUT2D eigenvalue weighted by atomic mass is 16.2. The minimum atomic E-state index is -0.0457. The Morgan fingerprint density at radius 2 is 1.86 bits per heavy atom. The summed E-state index contributed by atoms with van der Waals surface area (Å²) in [4.78, 5) is 15.1. The Hall–Kier alpha value is -3.18. The minimum absolute atomic E-state index is 0.0457. The van der Waals surface area contributed by atoms with Crippen LogP contribution >= 0.6 is 0 Å². The van der Waals surface area contributed by atoms with Gasteiger partial charge in [-0.15, -0.1) is 0 Å². The molecule has 1 aromatic heterocycles. The molecule has 1 saturated carbocycles. The summed E-state index contributed by atoms with van der Waals surface area (Å²) in [7, 11) is 0. The third-order valence-electron chi connectivity index (χ3n) is 8.37. The summed E-state index contributed by atoms with van der Waals surface area (Å²) >= 11 is 0. The van der Waals surface area contributed by atoms with Crippen LogP contribution in [-0.2, 0) is 17.8 Å². The number of benzene rings is 2. The average molecular weight is 481 g/mol. The lowest BCUT2D eigenvalue weighted by molar-refractivity contribution is -0.123. The van der Waals surface area contributed by atoms with Crippen molar-refractivity contribution in [3.63, 3.8) is 0 Å². The van der Waals surface area contributed by atoms with Crippen LogP contribution in [-0.4, -0.2) is 34.7 Å². The first-order valence-corrected chi connectivity index (χ1v) is 13.7. The monoisotopic (exact) mass is 480 g/mol. The number of hydrogen-bond acceptors (Lipinski definition) is 3. The van der Waals surface area contributed by atoms with Crippen LogP contribution in [0, 0.1) is 0 Å². The summed E-state index contributed by atoms with van der Waals surface area (Å²) in [5, 5.41) is 5.60. The van der Waals surface area contributed by atoms with E-state index in [-0.39, 0.29) is 5.91 Å². The Labute approximate surface area is 213 Å². The standard InChI is InChI=1S/C31H36N4O/c36-30(33-32-18-8-11-23-9-3-1-4-10-23)22-34-19-20-35-28-17-16-25(24-12-5-2-6-13-24)21-27(28)26-14-7-15-29(34)31(26)35/h1,3-4,8-11,16-18,21,24,29H,2,5-7,12-15,19-20,22H2,(H,33,36)/b11-8+,32-18-/t29-/m0/s1. The van der Waals surface area contributed by atoms with Crippen LogP contribution in [0.25, 0.3) is 17.0 Å². The fourth-order valence-electron chi connectivity index (χ4n) is 6.66. The predicted molar refractivity (Wildman–Crippen MR) is 147 cm³/mol. The molecule has 2 aliphatic carbocycles. The van der Waals surface area contributed by atoms with Crippen LogP contribution in [0.3, 0.4) is 0 Å². The molecule has 186 valence electrons. The van der Waals surface area contributed by atoms with E-state index in [0.717, 1.165) is 37.4 Å². The maximum absolute atomic E-state index is 12.7. The number of fused-ring (bicyclic) bond motifs is 3. The molecule has 0 unspecified atom stereocenters. The Kier molecular flexibility index (Phi) is 6.73. The van der Waals surface area contributed by atoms with Gasteiger partial charge in [-0.05, 0) is 72.9 Å². The van der Waals surface area contributed by atoms with Gasteiger partial charge in [-0.3, -0.25) is 9.69 Å². The van der Waals surface area contributed by atoms with Gasteiger partial charge in [-0.25, -0.2) is 5.43 Å². The molecule has 36 heavy (non-hydrogen) atoms. The molecule has 6 rings (SSSR count). The van der Waals surface area contributed by atoms with Crippen molar-refractivity contribution in [1.29, 1.82) is 0 Å². The minimum Gasteiger partial charge on any atom is -0.342 e. The third kappa shape index (κ3) is 4.64. The molecule has 3 aromatic rings. The van der Waals surface area contributed by atoms with Gasteiger partial charge >= 0.3 is 0 Å². The Balaban J connectivity index is 1.16. The summed E-state index contributed by atoms with van der Waals surface area (Å²) in [5.41, 5.74) is 9.76. The number of rotatable bonds is 6. The second kappa shape index (κ2) is 10.4. The number of aryl methyl sites for hydroxylation is 1. The highest BCUT2D eigenvalue weighted by molar-refractivity contribution is 5.87. The van der Waals surface area contributed by atoms with Crippen molar-refractivity contribution in [2.45, 2.75) is 69.9 Å². The van der Waals surface area contributed by atoms with Crippen molar-refractivity contribution in [3.8, 4) is 0 Å². The number of carbonyl (C=O) groups is 1. The maximum Gasteiger partial charge on any atom is 0.254 e. The molecule has 0 saturated heterocycles. The predicted octanol–water partition coefficient (Wildman–Crippen LogP) is 6.20. The summed E-state index contributed by atoms with van der Waals surface area (Å²) in [6.07, 6.45) is 15.7. The van der Waals surface area contributed by atoms with Crippen LogP contribution in [0.2, 0.25) is 0 Å². The molecule has 1 amide bonds. The molecule has 1 atom stereocenters. The van der Waals surface area contributed by atoms with E-state index in [1.165, 1.54) is 60.7 Å². The lowest BCUT2D eigenvalue weighted by Crippen LogP contribution is -2.44. The van der Waals surface area contributed by atoms with Gasteiger partial charge in [0.05, 0.1) is 12.6 Å². The van der Waals surface area contributed by atoms with Crippen LogP contribution in [0.4, 0.5) is 0 Å². The summed E-state index contributed by atoms with van der Waals surface area (Å²) < 4.78 is 2.56. The van der Waals surface area contributed by atoms with Crippen molar-refractivity contribution in [3.05, 3.63) is 77.0 Å². The van der Waals surface area contributed by atoms with Gasteiger partial charge in [0.15, 0.2) is 0 Å². The van der Waals surface area contributed by atoms with Crippen molar-refractivity contribution in [1.82, 2.24) is 14.9 Å². The molecule has 0 spiro atoms. The lowest BCUT2D eigenvalue weighted by atomic mass is 9.83. The van der Waals surface area contributed by atoms with Crippen molar-refractivity contribution in [2.75, 3.05) is 13.1 Å². The van der Waals surface area contributed by atoms with Crippen molar-refractivity contribution < 1.29 is 4.79 Å². The van der Waals surface area contributed by atoms with E-state index in [2.05, 4.69) is 38.2 Å². The lowest BCUT2D eigenvalue weighted by Gasteiger charge is -2.39. The molecular formula is C31H36N4O. The number of hydrogen-bond donors (Lipinski definition) is 1. The molecule has 0 radical (unpaired) electrons. The molecule has 0 bridgehead atoms. The van der Waals surface area contributed by atoms with Gasteiger partial charge in [0, 0.05) is 35.9 Å². The van der Waals surface area contributed by atoms with E-state index in [4.69, 9.17) is 0 Å². The van der Waals surface area contributed by atoms with E-state index in [0.29, 0.717) is 12.6 Å². The van der Waals surface area contributed by atoms with E-state index < -0.39 is 0 Å². The van der Waals surface area contributed by atoms with E-state index >= 15 is 0 Å². The van der Waals surface area contributed by atoms with Gasteiger partial charge in [-0.2, -0.15) is 5.10 Å². The van der Waals surface area contributed by atoms with Crippen molar-refractivity contribution >= 4 is 29.1 Å². The first-order valence-electron chi connectivity index (χ1n) is 13.7. The fourth-order valence-corrected chi connectivity index (χ4v) is 6.66. The number of nitrogens with one attached hydrogen (secondary N) is 1. The topological polar surface area (TPSA) is 49.6 Å². The summed E-state index contributed by atoms with van der Waals surface area (Å²) in [5.74, 6) is 0.686. The van der Waals surface area contributed by atoms with Crippen LogP contribution < -0.4 is 5.43 Å². The molecule has 1 N–H and O–H groups in total. The highest BCUT2D eigenvalue weighted by Crippen LogP contribution is 2.44. The third-order valence-corrected chi connectivity index (χ3v) is 8.37. The quantitative estimate of drug-likeness (QED) is 0.337. The molecule has 1 aliphatic heterocycles. The summed E-state index contributed by atoms with van der Waals surface area (Å²) in [6, 6.07) is 17.7. The Morgan fingerprint density at radius 3 is 2.72 bits per heavy atom. The van der Waals surface area contributed by atoms with Gasteiger partial charge < -0.3 is 4.57 Å². The number of allylic oxidation sites excluding steroid dienone is 1. The van der Waals surface area contributed by atoms with Gasteiger partial charge in [0.25, 0.3) is 5.91 Å². The van der Waals surface area contributed by atoms with Crippen molar-refractivity contribution in [2.24, 2.45) is 5.10 Å². The molecule has 5 nitrogen and oxygen atoms in total. The van der Waals surface area contributed by atoms with Gasteiger partial charge in [0.1, 0.15) is 0 Å². The average Bonchev–Trinajstić information content (AvgIpc) is 3.25. The second-order valence-electron chi connectivity index (χ2n) is 10.6. The second-order valence-corrected chi connectivity index (χ2v) is 10.6. The van der Waals surface area contributed by atoms with Gasteiger partial charge in [-0.1, -0.05) is 61.7 Å². The number of hydrazone groups is 1. The number of nitrogens with zero attached hydrogens (tertiary/aromatic N) is 3. The van der Waals surface area contributed by atoms with Crippen LogP contribution in [0.5, 0.6) is 0 Å². The molecule has 2 heterocycles. The molecule has 3 aliphatic rings. The fraction of sp³-hybridized carbons (Fsp3) is 0.419. The van der Waals surface area contributed by atoms with E-state index in [1.807, 2.05) is 42.5 Å². The zero-order valence-corrected chi connectivity index (χ0v) is 21.0. The summed E-state index contributed by atoms with van der Waals surface area (Å²) in [6.45, 7) is 2.23. The van der Waals surface area contributed by atoms with Crippen LogP contribution in [0.15, 0.2) is 59.7 Å². The van der Waals surface area contributed by atoms with Gasteiger partial charge in [0.2, 0.25) is 0 Å². The Bertz CT molecular complexity index is 1280. The number of amides is 1. The SMILES string of the molecule is O=C(CN1CCn2c3c(c4cc(C5CCCCC5)ccc42)CCC[C@@H]31)N/N=C\C=C\c1ccccc1. The molecule has 2 aromatic carbocycles. The number of carbonyl (C=O) groups excluding carboxylic acids is 1. The normalized spacial score (nSPS) is 20.8. The highest BCUT2D eigenvalue weighted by Gasteiger charge is 2.35.